The molecule has 0 spiro atoms. The maximum absolute atomic E-state index is 11.8. The van der Waals surface area contributed by atoms with Crippen molar-refractivity contribution in [2.24, 2.45) is 5.41 Å². The number of ether oxygens (including phenoxy) is 2. The molecule has 0 aliphatic heterocycles. The fourth-order valence-electron chi connectivity index (χ4n) is 2.27. The minimum Gasteiger partial charge on any atom is -0.490 e. The lowest BCUT2D eigenvalue weighted by atomic mass is 9.76. The first-order valence-electron chi connectivity index (χ1n) is 7.28. The molecule has 0 bridgehead atoms. The van der Waals surface area contributed by atoms with Crippen LogP contribution in [0.15, 0.2) is 43.0 Å². The van der Waals surface area contributed by atoms with Crippen LogP contribution in [0.3, 0.4) is 0 Å². The first-order valence-corrected chi connectivity index (χ1v) is 7.28. The quantitative estimate of drug-likeness (QED) is 0.497. The SMILES string of the molecule is C=CC(=O)OCCC(CC(=O)O)(C(=O)O)C(C)Oc1ccccc1. The predicted molar refractivity (Wildman–Crippen MR) is 84.6 cm³/mol. The van der Waals surface area contributed by atoms with E-state index in [1.165, 1.54) is 6.92 Å². The molecule has 130 valence electrons. The van der Waals surface area contributed by atoms with Crippen LogP contribution >= 0.6 is 0 Å². The standard InChI is InChI=1S/C17H20O7/c1-3-15(20)23-10-9-17(16(21)22,11-14(18)19)12(2)24-13-7-5-4-6-8-13/h3-8,12H,1,9-11H2,2H3,(H,18,19)(H,21,22). The lowest BCUT2D eigenvalue weighted by Gasteiger charge is -2.33. The Morgan fingerprint density at radius 1 is 1.25 bits per heavy atom. The number of hydrogen-bond donors (Lipinski definition) is 2. The van der Waals surface area contributed by atoms with E-state index in [-0.39, 0.29) is 13.0 Å². The van der Waals surface area contributed by atoms with Gasteiger partial charge in [0.25, 0.3) is 0 Å². The molecule has 7 nitrogen and oxygen atoms in total. The first kappa shape index (κ1) is 19.2. The van der Waals surface area contributed by atoms with Gasteiger partial charge in [-0.3, -0.25) is 9.59 Å². The van der Waals surface area contributed by atoms with Gasteiger partial charge in [0, 0.05) is 12.5 Å². The monoisotopic (exact) mass is 336 g/mol. The van der Waals surface area contributed by atoms with Gasteiger partial charge in [-0.25, -0.2) is 4.79 Å². The molecule has 0 amide bonds. The van der Waals surface area contributed by atoms with E-state index in [0.717, 1.165) is 6.08 Å². The van der Waals surface area contributed by atoms with Crippen LogP contribution in [0.4, 0.5) is 0 Å². The van der Waals surface area contributed by atoms with E-state index in [0.29, 0.717) is 5.75 Å². The molecule has 24 heavy (non-hydrogen) atoms. The molecule has 0 heterocycles. The van der Waals surface area contributed by atoms with Gasteiger partial charge in [0.15, 0.2) is 0 Å². The van der Waals surface area contributed by atoms with Crippen LogP contribution in [-0.2, 0) is 19.1 Å². The Morgan fingerprint density at radius 3 is 2.38 bits per heavy atom. The number of benzene rings is 1. The average Bonchev–Trinajstić information content (AvgIpc) is 2.53. The van der Waals surface area contributed by atoms with Gasteiger partial charge in [-0.2, -0.15) is 0 Å². The maximum Gasteiger partial charge on any atom is 0.330 e. The van der Waals surface area contributed by atoms with E-state index in [1.807, 2.05) is 0 Å². The average molecular weight is 336 g/mol. The number of carboxylic acid groups (broad SMARTS) is 2. The van der Waals surface area contributed by atoms with E-state index in [4.69, 9.17) is 14.6 Å². The van der Waals surface area contributed by atoms with Crippen molar-refractivity contribution in [2.45, 2.75) is 25.9 Å². The Balaban J connectivity index is 3.00. The summed E-state index contributed by atoms with van der Waals surface area (Å²) in [6, 6.07) is 8.48. The van der Waals surface area contributed by atoms with Crippen LogP contribution in [0.5, 0.6) is 5.75 Å². The molecule has 0 saturated carbocycles. The number of carbonyl (C=O) groups excluding carboxylic acids is 1. The van der Waals surface area contributed by atoms with E-state index in [9.17, 15) is 19.5 Å². The van der Waals surface area contributed by atoms with Crippen LogP contribution in [0.2, 0.25) is 0 Å². The topological polar surface area (TPSA) is 110 Å². The normalized spacial score (nSPS) is 14.0. The maximum atomic E-state index is 11.8. The number of rotatable bonds is 10. The van der Waals surface area contributed by atoms with Crippen molar-refractivity contribution in [1.29, 1.82) is 0 Å². The summed E-state index contributed by atoms with van der Waals surface area (Å²) < 4.78 is 10.4. The number of carboxylic acids is 2. The van der Waals surface area contributed by atoms with E-state index < -0.39 is 35.8 Å². The van der Waals surface area contributed by atoms with Crippen LogP contribution in [0, 0.1) is 5.41 Å². The summed E-state index contributed by atoms with van der Waals surface area (Å²) in [7, 11) is 0. The van der Waals surface area contributed by atoms with Crippen LogP contribution in [-0.4, -0.2) is 40.8 Å². The number of hydrogen-bond acceptors (Lipinski definition) is 5. The predicted octanol–water partition coefficient (Wildman–Crippen LogP) is 2.12. The van der Waals surface area contributed by atoms with Gasteiger partial charge >= 0.3 is 17.9 Å². The molecular weight excluding hydrogens is 316 g/mol. The summed E-state index contributed by atoms with van der Waals surface area (Å²) in [5.41, 5.74) is -1.75. The van der Waals surface area contributed by atoms with Gasteiger partial charge in [-0.15, -0.1) is 0 Å². The number of para-hydroxylation sites is 1. The Kier molecular flexibility index (Phi) is 6.98. The fourth-order valence-corrected chi connectivity index (χ4v) is 2.27. The number of carbonyl (C=O) groups is 3. The van der Waals surface area contributed by atoms with Gasteiger partial charge in [-0.1, -0.05) is 24.8 Å². The molecule has 0 aromatic heterocycles. The summed E-state index contributed by atoms with van der Waals surface area (Å²) in [5.74, 6) is -2.90. The summed E-state index contributed by atoms with van der Waals surface area (Å²) in [6.07, 6.45) is -0.885. The Morgan fingerprint density at radius 2 is 1.88 bits per heavy atom. The van der Waals surface area contributed by atoms with E-state index in [2.05, 4.69) is 6.58 Å². The van der Waals surface area contributed by atoms with Crippen LogP contribution < -0.4 is 4.74 Å². The molecule has 0 aliphatic rings. The third kappa shape index (κ3) is 5.12. The highest BCUT2D eigenvalue weighted by atomic mass is 16.5. The molecule has 2 unspecified atom stereocenters. The zero-order valence-corrected chi connectivity index (χ0v) is 13.3. The highest BCUT2D eigenvalue weighted by Crippen LogP contribution is 2.34. The molecule has 2 atom stereocenters. The Hall–Kier alpha value is -2.83. The summed E-state index contributed by atoms with van der Waals surface area (Å²) in [5, 5.41) is 18.8. The van der Waals surface area contributed by atoms with Crippen molar-refractivity contribution >= 4 is 17.9 Å². The Labute approximate surface area is 139 Å². The lowest BCUT2D eigenvalue weighted by Crippen LogP contribution is -2.46. The van der Waals surface area contributed by atoms with E-state index in [1.54, 1.807) is 30.3 Å². The van der Waals surface area contributed by atoms with Crippen LogP contribution in [0.1, 0.15) is 19.8 Å². The van der Waals surface area contributed by atoms with Crippen LogP contribution in [0.25, 0.3) is 0 Å². The van der Waals surface area contributed by atoms with Gasteiger partial charge in [-0.05, 0) is 19.1 Å². The minimum absolute atomic E-state index is 0.206. The summed E-state index contributed by atoms with van der Waals surface area (Å²) in [6.45, 7) is 4.47. The second-order valence-corrected chi connectivity index (χ2v) is 5.23. The fraction of sp³-hybridized carbons (Fsp3) is 0.353. The molecule has 1 aromatic carbocycles. The van der Waals surface area contributed by atoms with Crippen molar-refractivity contribution in [1.82, 2.24) is 0 Å². The zero-order valence-electron chi connectivity index (χ0n) is 13.3. The number of esters is 1. The van der Waals surface area contributed by atoms with Crippen molar-refractivity contribution in [2.75, 3.05) is 6.61 Å². The summed E-state index contributed by atoms with van der Waals surface area (Å²) >= 11 is 0. The van der Waals surface area contributed by atoms with Gasteiger partial charge in [0.05, 0.1) is 13.0 Å². The number of aliphatic carboxylic acids is 2. The minimum atomic E-state index is -1.75. The smallest absolute Gasteiger partial charge is 0.330 e. The molecule has 1 aromatic rings. The second-order valence-electron chi connectivity index (χ2n) is 5.23. The molecule has 0 radical (unpaired) electrons. The van der Waals surface area contributed by atoms with E-state index >= 15 is 0 Å². The molecule has 0 fully saturated rings. The third-order valence-corrected chi connectivity index (χ3v) is 3.69. The van der Waals surface area contributed by atoms with Gasteiger partial charge in [0.2, 0.25) is 0 Å². The Bertz CT molecular complexity index is 596. The highest BCUT2D eigenvalue weighted by molar-refractivity contribution is 5.83. The highest BCUT2D eigenvalue weighted by Gasteiger charge is 2.47. The van der Waals surface area contributed by atoms with Crippen molar-refractivity contribution in [3.05, 3.63) is 43.0 Å². The van der Waals surface area contributed by atoms with Gasteiger partial charge in [0.1, 0.15) is 17.3 Å². The molecule has 1 rings (SSSR count). The lowest BCUT2D eigenvalue weighted by molar-refractivity contribution is -0.164. The molecular formula is C17H20O7. The molecule has 7 heteroatoms. The molecule has 2 N–H and O–H groups in total. The van der Waals surface area contributed by atoms with Gasteiger partial charge < -0.3 is 19.7 Å². The third-order valence-electron chi connectivity index (χ3n) is 3.69. The van der Waals surface area contributed by atoms with Crippen molar-refractivity contribution in [3.8, 4) is 5.75 Å². The molecule has 0 aliphatic carbocycles. The summed E-state index contributed by atoms with van der Waals surface area (Å²) in [4.78, 5) is 34.1. The molecule has 0 saturated heterocycles. The second kappa shape index (κ2) is 8.71. The first-order chi connectivity index (χ1) is 11.3. The van der Waals surface area contributed by atoms with Crippen molar-refractivity contribution in [3.63, 3.8) is 0 Å². The largest absolute Gasteiger partial charge is 0.490 e. The van der Waals surface area contributed by atoms with Crippen molar-refractivity contribution < 1.29 is 34.1 Å². The zero-order chi connectivity index (χ0) is 18.2.